The fraction of sp³-hybridized carbons (Fsp3) is 0. The van der Waals surface area contributed by atoms with Gasteiger partial charge in [-0.2, -0.15) is 5.26 Å². The second kappa shape index (κ2) is 3.35. The van der Waals surface area contributed by atoms with Crippen LogP contribution in [-0.4, -0.2) is 9.91 Å². The second-order valence-electron chi connectivity index (χ2n) is 2.91. The van der Waals surface area contributed by atoms with Gasteiger partial charge in [0.2, 0.25) is 0 Å². The molecule has 0 amide bonds. The molecule has 2 aromatic rings. The average Bonchev–Trinajstić information content (AvgIpc) is 2.27. The number of nitrogens with zero attached hydrogens (tertiary/aromatic N) is 3. The van der Waals surface area contributed by atoms with E-state index in [2.05, 4.69) is 4.98 Å². The molecule has 0 bridgehead atoms. The van der Waals surface area contributed by atoms with Crippen LogP contribution in [0.25, 0.3) is 10.9 Å². The number of para-hydroxylation sites is 1. The average molecular weight is 199 g/mol. The molecule has 0 fully saturated rings. The van der Waals surface area contributed by atoms with Crippen molar-refractivity contribution in [1.82, 2.24) is 4.98 Å². The van der Waals surface area contributed by atoms with Gasteiger partial charge < -0.3 is 10.1 Å². The van der Waals surface area contributed by atoms with Gasteiger partial charge in [0.1, 0.15) is 6.07 Å². The molecule has 0 saturated heterocycles. The van der Waals surface area contributed by atoms with Gasteiger partial charge in [-0.1, -0.05) is 12.1 Å². The van der Waals surface area contributed by atoms with Crippen molar-refractivity contribution in [3.8, 4) is 6.07 Å². The van der Waals surface area contributed by atoms with E-state index in [0.29, 0.717) is 10.9 Å². The maximum absolute atomic E-state index is 10.5. The molecule has 0 saturated carbocycles. The summed E-state index contributed by atoms with van der Waals surface area (Å²) in [7, 11) is 0. The molecule has 0 aliphatic heterocycles. The monoisotopic (exact) mass is 199 g/mol. The maximum Gasteiger partial charge on any atom is 0.365 e. The molecule has 5 heteroatoms. The van der Waals surface area contributed by atoms with Crippen molar-refractivity contribution in [3.63, 3.8) is 0 Å². The Balaban J connectivity index is 2.84. The number of rotatable bonds is 1. The summed E-state index contributed by atoms with van der Waals surface area (Å²) in [5.41, 5.74) is 0.732. The first-order valence-electron chi connectivity index (χ1n) is 4.16. The van der Waals surface area contributed by atoms with Crippen molar-refractivity contribution in [1.29, 1.82) is 5.26 Å². The number of nitriles is 1. The lowest BCUT2D eigenvalue weighted by Crippen LogP contribution is -1.94. The van der Waals surface area contributed by atoms with E-state index < -0.39 is 4.92 Å². The predicted molar refractivity (Wildman–Crippen MR) is 53.1 cm³/mol. The summed E-state index contributed by atoms with van der Waals surface area (Å²) >= 11 is 0. The number of benzene rings is 1. The molecule has 1 aromatic carbocycles. The quantitative estimate of drug-likeness (QED) is 0.519. The Bertz CT molecular complexity index is 587. The summed E-state index contributed by atoms with van der Waals surface area (Å²) in [6, 6.07) is 9.94. The van der Waals surface area contributed by atoms with Crippen LogP contribution >= 0.6 is 0 Å². The van der Waals surface area contributed by atoms with Gasteiger partial charge in [0.25, 0.3) is 0 Å². The van der Waals surface area contributed by atoms with Crippen LogP contribution in [0.1, 0.15) is 5.56 Å². The molecular weight excluding hydrogens is 194 g/mol. The molecule has 0 radical (unpaired) electrons. The maximum atomic E-state index is 10.5. The van der Waals surface area contributed by atoms with Gasteiger partial charge in [-0.3, -0.25) is 0 Å². The van der Waals surface area contributed by atoms with Crippen LogP contribution in [0.4, 0.5) is 5.82 Å². The molecule has 0 N–H and O–H groups in total. The summed E-state index contributed by atoms with van der Waals surface area (Å²) in [4.78, 5) is 13.8. The first-order chi connectivity index (χ1) is 7.22. The van der Waals surface area contributed by atoms with E-state index in [4.69, 9.17) is 5.26 Å². The smallest absolute Gasteiger partial charge is 0.358 e. The molecule has 1 aromatic heterocycles. The Morgan fingerprint density at radius 3 is 2.80 bits per heavy atom. The molecule has 5 nitrogen and oxygen atoms in total. The first kappa shape index (κ1) is 9.09. The van der Waals surface area contributed by atoms with Gasteiger partial charge >= 0.3 is 5.82 Å². The Labute approximate surface area is 84.7 Å². The van der Waals surface area contributed by atoms with Gasteiger partial charge in [-0.25, -0.2) is 0 Å². The zero-order valence-corrected chi connectivity index (χ0v) is 7.54. The van der Waals surface area contributed by atoms with Crippen LogP contribution in [0.3, 0.4) is 0 Å². The van der Waals surface area contributed by atoms with E-state index in [0.717, 1.165) is 0 Å². The van der Waals surface area contributed by atoms with Gasteiger partial charge in [-0.05, 0) is 22.0 Å². The van der Waals surface area contributed by atoms with Crippen molar-refractivity contribution >= 4 is 16.7 Å². The fourth-order valence-corrected chi connectivity index (χ4v) is 1.35. The zero-order valence-electron chi connectivity index (χ0n) is 7.54. The SMILES string of the molecule is N#Cc1cc([N+](=O)[O-])nc2ccccc12. The standard InChI is InChI=1S/C10H5N3O2/c11-6-7-5-10(13(14)15)12-9-4-2-1-3-8(7)9/h1-5H. The van der Waals surface area contributed by atoms with E-state index >= 15 is 0 Å². The van der Waals surface area contributed by atoms with Crippen molar-refractivity contribution in [2.75, 3.05) is 0 Å². The van der Waals surface area contributed by atoms with E-state index in [1.54, 1.807) is 24.3 Å². The molecule has 0 atom stereocenters. The predicted octanol–water partition coefficient (Wildman–Crippen LogP) is 2.01. The Morgan fingerprint density at radius 2 is 2.13 bits per heavy atom. The van der Waals surface area contributed by atoms with E-state index in [-0.39, 0.29) is 11.4 Å². The number of aromatic nitrogens is 1. The van der Waals surface area contributed by atoms with Gasteiger partial charge in [-0.15, -0.1) is 0 Å². The highest BCUT2D eigenvalue weighted by Gasteiger charge is 2.13. The molecule has 0 aliphatic rings. The fourth-order valence-electron chi connectivity index (χ4n) is 1.35. The lowest BCUT2D eigenvalue weighted by molar-refractivity contribution is -0.389. The molecule has 0 unspecified atom stereocenters. The summed E-state index contributed by atoms with van der Waals surface area (Å²) in [6.45, 7) is 0. The minimum absolute atomic E-state index is 0.271. The van der Waals surface area contributed by atoms with Gasteiger partial charge in [0.15, 0.2) is 5.52 Å². The van der Waals surface area contributed by atoms with Crippen molar-refractivity contribution in [2.24, 2.45) is 0 Å². The van der Waals surface area contributed by atoms with Crippen LogP contribution in [0, 0.1) is 21.4 Å². The Hall–Kier alpha value is -2.48. The van der Waals surface area contributed by atoms with Crippen LogP contribution in [0.5, 0.6) is 0 Å². The Morgan fingerprint density at radius 1 is 1.40 bits per heavy atom. The van der Waals surface area contributed by atoms with Crippen LogP contribution in [0.2, 0.25) is 0 Å². The highest BCUT2D eigenvalue weighted by Crippen LogP contribution is 2.20. The number of hydrogen-bond acceptors (Lipinski definition) is 4. The highest BCUT2D eigenvalue weighted by molar-refractivity contribution is 5.85. The van der Waals surface area contributed by atoms with E-state index in [1.807, 2.05) is 6.07 Å². The third-order valence-corrected chi connectivity index (χ3v) is 2.01. The lowest BCUT2D eigenvalue weighted by atomic mass is 10.1. The van der Waals surface area contributed by atoms with Gasteiger partial charge in [0, 0.05) is 5.39 Å². The normalized spacial score (nSPS) is 9.80. The highest BCUT2D eigenvalue weighted by atomic mass is 16.6. The zero-order chi connectivity index (χ0) is 10.8. The van der Waals surface area contributed by atoms with Gasteiger partial charge in [0.05, 0.1) is 11.6 Å². The second-order valence-corrected chi connectivity index (χ2v) is 2.91. The topological polar surface area (TPSA) is 79.8 Å². The minimum atomic E-state index is -0.604. The Kier molecular flexibility index (Phi) is 2.03. The number of nitro groups is 1. The molecule has 15 heavy (non-hydrogen) atoms. The summed E-state index contributed by atoms with van der Waals surface area (Å²) in [6.07, 6.45) is 0. The van der Waals surface area contributed by atoms with E-state index in [1.165, 1.54) is 6.07 Å². The third kappa shape index (κ3) is 1.48. The van der Waals surface area contributed by atoms with Crippen LogP contribution in [0.15, 0.2) is 30.3 Å². The summed E-state index contributed by atoms with van der Waals surface area (Å²) in [5, 5.41) is 20.0. The van der Waals surface area contributed by atoms with Crippen LogP contribution in [-0.2, 0) is 0 Å². The number of hydrogen-bond donors (Lipinski definition) is 0. The summed E-state index contributed by atoms with van der Waals surface area (Å²) in [5.74, 6) is -0.301. The first-order valence-corrected chi connectivity index (χ1v) is 4.16. The molecular formula is C10H5N3O2. The van der Waals surface area contributed by atoms with Crippen molar-refractivity contribution in [3.05, 3.63) is 46.0 Å². The van der Waals surface area contributed by atoms with Crippen molar-refractivity contribution in [2.45, 2.75) is 0 Å². The molecule has 0 aliphatic carbocycles. The summed E-state index contributed by atoms with van der Waals surface area (Å²) < 4.78 is 0. The third-order valence-electron chi connectivity index (χ3n) is 2.01. The molecule has 0 spiro atoms. The molecule has 2 rings (SSSR count). The van der Waals surface area contributed by atoms with Crippen LogP contribution < -0.4 is 0 Å². The number of pyridine rings is 1. The molecule has 1 heterocycles. The number of fused-ring (bicyclic) bond motifs is 1. The van der Waals surface area contributed by atoms with Crippen molar-refractivity contribution < 1.29 is 4.92 Å². The molecule has 72 valence electrons. The van der Waals surface area contributed by atoms with E-state index in [9.17, 15) is 10.1 Å². The lowest BCUT2D eigenvalue weighted by Gasteiger charge is -1.96. The minimum Gasteiger partial charge on any atom is -0.358 e. The largest absolute Gasteiger partial charge is 0.365 e.